The van der Waals surface area contributed by atoms with Crippen LogP contribution in [0.2, 0.25) is 0 Å². The van der Waals surface area contributed by atoms with E-state index in [0.29, 0.717) is 0 Å². The van der Waals surface area contributed by atoms with E-state index >= 15 is 0 Å². The van der Waals surface area contributed by atoms with Crippen molar-refractivity contribution in [3.8, 4) is 11.5 Å². The van der Waals surface area contributed by atoms with Gasteiger partial charge in [-0.15, -0.1) is 0 Å². The first-order valence-corrected chi connectivity index (χ1v) is 7.69. The number of nitrogens with zero attached hydrogens (tertiary/aromatic N) is 5. The number of nitrogens with two attached hydrogens (primary N) is 1. The van der Waals surface area contributed by atoms with Gasteiger partial charge in [-0.25, -0.2) is 18.7 Å². The molecule has 2 heterocycles. The van der Waals surface area contributed by atoms with E-state index in [9.17, 15) is 22.0 Å². The highest BCUT2D eigenvalue weighted by Gasteiger charge is 2.36. The monoisotopic (exact) mass is 375 g/mol. The summed E-state index contributed by atoms with van der Waals surface area (Å²) < 4.78 is 64.6. The lowest BCUT2D eigenvalue weighted by Crippen LogP contribution is -2.32. The highest BCUT2D eigenvalue weighted by Crippen LogP contribution is 2.34. The van der Waals surface area contributed by atoms with Crippen LogP contribution in [0.5, 0.6) is 0 Å². The molecule has 0 amide bonds. The first kappa shape index (κ1) is 18.1. The van der Waals surface area contributed by atoms with Gasteiger partial charge < -0.3 is 11.1 Å². The summed E-state index contributed by atoms with van der Waals surface area (Å²) in [6.45, 7) is 0. The van der Waals surface area contributed by atoms with E-state index in [1.165, 1.54) is 6.07 Å². The summed E-state index contributed by atoms with van der Waals surface area (Å²) in [6.07, 6.45) is -3.90. The molecule has 0 aromatic carbocycles. The van der Waals surface area contributed by atoms with E-state index in [0.717, 1.165) is 6.20 Å². The summed E-state index contributed by atoms with van der Waals surface area (Å²) in [5.41, 5.74) is 5.40. The summed E-state index contributed by atoms with van der Waals surface area (Å²) in [5.74, 6) is -4.43. The van der Waals surface area contributed by atoms with E-state index in [-0.39, 0.29) is 55.1 Å². The molecule has 3 N–H and O–H groups in total. The average molecular weight is 375 g/mol. The maximum Gasteiger partial charge on any atom is 0.451 e. The molecule has 0 spiro atoms. The third-order valence-electron chi connectivity index (χ3n) is 3.84. The molecule has 3 rings (SSSR count). The molecule has 1 saturated carbocycles. The molecule has 1 aliphatic carbocycles. The van der Waals surface area contributed by atoms with E-state index in [2.05, 4.69) is 30.2 Å². The van der Waals surface area contributed by atoms with Crippen molar-refractivity contribution in [2.45, 2.75) is 43.8 Å². The van der Waals surface area contributed by atoms with Crippen molar-refractivity contribution in [3.63, 3.8) is 0 Å². The molecular weight excluding hydrogens is 361 g/mol. The van der Waals surface area contributed by atoms with Crippen LogP contribution in [0.3, 0.4) is 0 Å². The smallest absolute Gasteiger partial charge is 0.368 e. The largest absolute Gasteiger partial charge is 0.451 e. The second-order valence-corrected chi connectivity index (χ2v) is 5.88. The second kappa shape index (κ2) is 6.57. The molecule has 1 aliphatic rings. The zero-order valence-corrected chi connectivity index (χ0v) is 13.3. The van der Waals surface area contributed by atoms with Crippen molar-refractivity contribution in [2.75, 3.05) is 11.1 Å². The topological polar surface area (TPSA) is 102 Å². The minimum absolute atomic E-state index is 0.00473. The third kappa shape index (κ3) is 4.29. The Hall–Kier alpha value is -2.66. The Morgan fingerprint density at radius 3 is 2.42 bits per heavy atom. The van der Waals surface area contributed by atoms with Gasteiger partial charge in [0.05, 0.1) is 0 Å². The molecule has 12 heteroatoms. The molecule has 140 valence electrons. The summed E-state index contributed by atoms with van der Waals surface area (Å²) in [6, 6.07) is 0.912. The minimum Gasteiger partial charge on any atom is -0.368 e. The Morgan fingerprint density at radius 1 is 1.08 bits per heavy atom. The van der Waals surface area contributed by atoms with Crippen LogP contribution in [0.25, 0.3) is 11.5 Å². The number of aromatic nitrogens is 5. The molecule has 26 heavy (non-hydrogen) atoms. The molecule has 0 aliphatic heterocycles. The van der Waals surface area contributed by atoms with Crippen LogP contribution in [-0.4, -0.2) is 36.9 Å². The van der Waals surface area contributed by atoms with Gasteiger partial charge in [0, 0.05) is 25.1 Å². The first-order valence-electron chi connectivity index (χ1n) is 7.69. The second-order valence-electron chi connectivity index (χ2n) is 5.88. The molecule has 2 aromatic rings. The summed E-state index contributed by atoms with van der Waals surface area (Å²) in [4.78, 5) is 18.2. The van der Waals surface area contributed by atoms with Gasteiger partial charge in [0.2, 0.25) is 23.6 Å². The fraction of sp³-hybridized carbons (Fsp3) is 0.500. The Labute approximate surface area is 144 Å². The number of alkyl halides is 5. The summed E-state index contributed by atoms with van der Waals surface area (Å²) in [7, 11) is 0. The molecule has 0 unspecified atom stereocenters. The fourth-order valence-corrected chi connectivity index (χ4v) is 2.56. The van der Waals surface area contributed by atoms with Crippen LogP contribution in [0, 0.1) is 0 Å². The van der Waals surface area contributed by atoms with Gasteiger partial charge in [0.15, 0.2) is 5.82 Å². The first-order chi connectivity index (χ1) is 12.1. The molecule has 0 atom stereocenters. The predicted molar refractivity (Wildman–Crippen MR) is 81.1 cm³/mol. The van der Waals surface area contributed by atoms with Crippen LogP contribution < -0.4 is 11.1 Å². The van der Waals surface area contributed by atoms with Crippen LogP contribution in [0.15, 0.2) is 12.3 Å². The highest BCUT2D eigenvalue weighted by molar-refractivity contribution is 5.52. The van der Waals surface area contributed by atoms with Gasteiger partial charge in [0.25, 0.3) is 0 Å². The number of hydrogen-bond donors (Lipinski definition) is 2. The molecular formula is C14H14F5N7. The molecule has 7 nitrogen and oxygen atoms in total. The predicted octanol–water partition coefficient (Wildman–Crippen LogP) is 2.92. The number of hydrogen-bond acceptors (Lipinski definition) is 7. The molecule has 2 aromatic heterocycles. The number of anilines is 2. The lowest BCUT2D eigenvalue weighted by atomic mass is 9.92. The van der Waals surface area contributed by atoms with Gasteiger partial charge in [0.1, 0.15) is 5.69 Å². The molecule has 0 radical (unpaired) electrons. The third-order valence-corrected chi connectivity index (χ3v) is 3.84. The van der Waals surface area contributed by atoms with Gasteiger partial charge in [-0.3, -0.25) is 0 Å². The Bertz CT molecular complexity index is 785. The number of rotatable bonds is 3. The van der Waals surface area contributed by atoms with Crippen molar-refractivity contribution < 1.29 is 22.0 Å². The van der Waals surface area contributed by atoms with E-state index in [1.807, 2.05) is 0 Å². The minimum atomic E-state index is -4.72. The number of nitrogen functional groups attached to an aromatic ring is 1. The average Bonchev–Trinajstić information content (AvgIpc) is 2.56. The van der Waals surface area contributed by atoms with Crippen LogP contribution in [0.1, 0.15) is 31.5 Å². The van der Waals surface area contributed by atoms with Crippen LogP contribution in [0.4, 0.5) is 33.8 Å². The SMILES string of the molecule is Nc1nc(NC2CCC(F)(F)CC2)nc(-c2ccnc(C(F)(F)F)n2)n1. The zero-order valence-electron chi connectivity index (χ0n) is 13.3. The standard InChI is InChI=1S/C14H14F5N7/c15-13(16)4-1-7(2-5-13)22-12-25-9(24-11(20)26-12)8-3-6-21-10(23-8)14(17,18)19/h3,6-7H,1-2,4-5H2,(H3,20,22,24,25,26). The molecule has 0 bridgehead atoms. The molecule has 1 fully saturated rings. The Morgan fingerprint density at radius 2 is 1.77 bits per heavy atom. The van der Waals surface area contributed by atoms with Crippen molar-refractivity contribution >= 4 is 11.9 Å². The van der Waals surface area contributed by atoms with Crippen molar-refractivity contribution in [1.82, 2.24) is 24.9 Å². The van der Waals surface area contributed by atoms with Crippen LogP contribution >= 0.6 is 0 Å². The van der Waals surface area contributed by atoms with Crippen LogP contribution in [-0.2, 0) is 6.18 Å². The lowest BCUT2D eigenvalue weighted by molar-refractivity contribution is -0.144. The lowest BCUT2D eigenvalue weighted by Gasteiger charge is -2.28. The van der Waals surface area contributed by atoms with Crippen molar-refractivity contribution in [1.29, 1.82) is 0 Å². The van der Waals surface area contributed by atoms with Gasteiger partial charge in [-0.2, -0.15) is 28.1 Å². The van der Waals surface area contributed by atoms with Gasteiger partial charge in [-0.05, 0) is 18.9 Å². The number of halogens is 5. The quantitative estimate of drug-likeness (QED) is 0.795. The Kier molecular flexibility index (Phi) is 4.59. The summed E-state index contributed by atoms with van der Waals surface area (Å²) in [5, 5.41) is 2.87. The van der Waals surface area contributed by atoms with Crippen molar-refractivity contribution in [2.24, 2.45) is 0 Å². The van der Waals surface area contributed by atoms with Gasteiger partial charge >= 0.3 is 6.18 Å². The van der Waals surface area contributed by atoms with Gasteiger partial charge in [-0.1, -0.05) is 0 Å². The molecule has 0 saturated heterocycles. The summed E-state index contributed by atoms with van der Waals surface area (Å²) >= 11 is 0. The number of nitrogens with one attached hydrogen (secondary N) is 1. The van der Waals surface area contributed by atoms with E-state index < -0.39 is 17.9 Å². The fourth-order valence-electron chi connectivity index (χ4n) is 2.56. The van der Waals surface area contributed by atoms with E-state index in [1.54, 1.807) is 0 Å². The zero-order chi connectivity index (χ0) is 18.9. The maximum atomic E-state index is 13.2. The normalized spacial score (nSPS) is 17.9. The van der Waals surface area contributed by atoms with E-state index in [4.69, 9.17) is 5.73 Å². The Balaban J connectivity index is 1.82. The maximum absolute atomic E-state index is 13.2. The van der Waals surface area contributed by atoms with Crippen molar-refractivity contribution in [3.05, 3.63) is 18.1 Å². The highest BCUT2D eigenvalue weighted by atomic mass is 19.4.